The van der Waals surface area contributed by atoms with Gasteiger partial charge < -0.3 is 9.47 Å². The van der Waals surface area contributed by atoms with Gasteiger partial charge in [-0.05, 0) is 18.2 Å². The highest BCUT2D eigenvalue weighted by atomic mass is 32.2. The second-order valence-corrected chi connectivity index (χ2v) is 6.46. The molecule has 0 bridgehead atoms. The SMILES string of the molecule is COc1ccc(S(=O)(=O)NCc2ccccc2OC)c([N+](=O)[O-])c1. The van der Waals surface area contributed by atoms with Crippen molar-refractivity contribution in [2.24, 2.45) is 0 Å². The standard InChI is InChI=1S/C15H16N2O6S/c1-22-12-7-8-15(13(9-12)17(18)19)24(20,21)16-10-11-5-3-4-6-14(11)23-2/h3-9,16H,10H2,1-2H3. The second-order valence-electron chi connectivity index (χ2n) is 4.73. The topological polar surface area (TPSA) is 108 Å². The molecular weight excluding hydrogens is 336 g/mol. The van der Waals surface area contributed by atoms with E-state index >= 15 is 0 Å². The smallest absolute Gasteiger partial charge is 0.293 e. The lowest BCUT2D eigenvalue weighted by Gasteiger charge is -2.11. The minimum atomic E-state index is -4.09. The number of hydrogen-bond donors (Lipinski definition) is 1. The molecule has 0 aliphatic carbocycles. The number of nitro groups is 1. The van der Waals surface area contributed by atoms with E-state index in [9.17, 15) is 18.5 Å². The first-order valence-corrected chi connectivity index (χ1v) is 8.31. The molecule has 0 atom stereocenters. The van der Waals surface area contributed by atoms with Gasteiger partial charge in [0.2, 0.25) is 10.0 Å². The van der Waals surface area contributed by atoms with Crippen molar-refractivity contribution in [3.8, 4) is 11.5 Å². The predicted molar refractivity (Wildman–Crippen MR) is 86.7 cm³/mol. The van der Waals surface area contributed by atoms with Crippen molar-refractivity contribution in [2.45, 2.75) is 11.4 Å². The molecule has 0 aromatic heterocycles. The van der Waals surface area contributed by atoms with Crippen LogP contribution in [0.5, 0.6) is 11.5 Å². The Balaban J connectivity index is 2.32. The number of methoxy groups -OCH3 is 2. The predicted octanol–water partition coefficient (Wildman–Crippen LogP) is 2.09. The fourth-order valence-electron chi connectivity index (χ4n) is 2.09. The summed E-state index contributed by atoms with van der Waals surface area (Å²) in [5.41, 5.74) is 0.0571. The monoisotopic (exact) mass is 352 g/mol. The van der Waals surface area contributed by atoms with Gasteiger partial charge in [0.25, 0.3) is 5.69 Å². The van der Waals surface area contributed by atoms with Gasteiger partial charge in [-0.3, -0.25) is 10.1 Å². The molecule has 0 radical (unpaired) electrons. The zero-order chi connectivity index (χ0) is 17.7. The molecule has 0 unspecified atom stereocenters. The Labute approximate surface area is 139 Å². The highest BCUT2D eigenvalue weighted by Crippen LogP contribution is 2.28. The highest BCUT2D eigenvalue weighted by Gasteiger charge is 2.26. The van der Waals surface area contributed by atoms with E-state index < -0.39 is 25.5 Å². The maximum atomic E-state index is 12.4. The van der Waals surface area contributed by atoms with Gasteiger partial charge in [-0.15, -0.1) is 0 Å². The van der Waals surface area contributed by atoms with Crippen LogP contribution in [0.25, 0.3) is 0 Å². The van der Waals surface area contributed by atoms with Crippen molar-refractivity contribution in [3.05, 3.63) is 58.1 Å². The number of para-hydroxylation sites is 1. The van der Waals surface area contributed by atoms with Gasteiger partial charge in [0, 0.05) is 12.1 Å². The number of sulfonamides is 1. The molecule has 0 fully saturated rings. The van der Waals surface area contributed by atoms with E-state index in [2.05, 4.69) is 4.72 Å². The summed E-state index contributed by atoms with van der Waals surface area (Å²) in [6, 6.07) is 10.4. The Morgan fingerprint density at radius 2 is 1.83 bits per heavy atom. The van der Waals surface area contributed by atoms with Crippen molar-refractivity contribution in [2.75, 3.05) is 14.2 Å². The molecule has 0 aliphatic rings. The van der Waals surface area contributed by atoms with Crippen molar-refractivity contribution in [3.63, 3.8) is 0 Å². The van der Waals surface area contributed by atoms with Crippen LogP contribution in [0.4, 0.5) is 5.69 Å². The van der Waals surface area contributed by atoms with Crippen LogP contribution in [0, 0.1) is 10.1 Å². The Kier molecular flexibility index (Phi) is 5.37. The lowest BCUT2D eigenvalue weighted by molar-refractivity contribution is -0.387. The third-order valence-corrected chi connectivity index (χ3v) is 4.75. The van der Waals surface area contributed by atoms with Crippen LogP contribution in [-0.2, 0) is 16.6 Å². The number of benzene rings is 2. The number of ether oxygens (including phenoxy) is 2. The molecule has 8 nitrogen and oxygen atoms in total. The van der Waals surface area contributed by atoms with Crippen molar-refractivity contribution < 1.29 is 22.8 Å². The second kappa shape index (κ2) is 7.28. The van der Waals surface area contributed by atoms with Crippen LogP contribution in [0.15, 0.2) is 47.4 Å². The van der Waals surface area contributed by atoms with Gasteiger partial charge in [0.1, 0.15) is 11.5 Å². The molecule has 0 spiro atoms. The van der Waals surface area contributed by atoms with E-state index in [-0.39, 0.29) is 12.3 Å². The Hall–Kier alpha value is -2.65. The van der Waals surface area contributed by atoms with Crippen LogP contribution in [-0.4, -0.2) is 27.6 Å². The minimum absolute atomic E-state index is 0.0600. The van der Waals surface area contributed by atoms with E-state index in [0.717, 1.165) is 12.1 Å². The number of nitrogens with one attached hydrogen (secondary N) is 1. The van der Waals surface area contributed by atoms with Crippen LogP contribution in [0.1, 0.15) is 5.56 Å². The summed E-state index contributed by atoms with van der Waals surface area (Å²) in [4.78, 5) is 9.96. The first-order chi connectivity index (χ1) is 11.4. The summed E-state index contributed by atoms with van der Waals surface area (Å²) >= 11 is 0. The van der Waals surface area contributed by atoms with Gasteiger partial charge >= 0.3 is 0 Å². The molecule has 1 N–H and O–H groups in total. The molecule has 2 rings (SSSR count). The van der Waals surface area contributed by atoms with E-state index in [1.807, 2.05) is 0 Å². The van der Waals surface area contributed by atoms with Crippen LogP contribution < -0.4 is 14.2 Å². The number of nitro benzene ring substituents is 1. The molecule has 128 valence electrons. The molecule has 24 heavy (non-hydrogen) atoms. The highest BCUT2D eigenvalue weighted by molar-refractivity contribution is 7.89. The van der Waals surface area contributed by atoms with Crippen LogP contribution >= 0.6 is 0 Å². The zero-order valence-electron chi connectivity index (χ0n) is 13.1. The molecule has 0 saturated carbocycles. The molecule has 2 aromatic rings. The third-order valence-electron chi connectivity index (χ3n) is 3.30. The largest absolute Gasteiger partial charge is 0.497 e. The quantitative estimate of drug-likeness (QED) is 0.604. The number of nitrogens with zero attached hydrogens (tertiary/aromatic N) is 1. The van der Waals surface area contributed by atoms with E-state index in [1.54, 1.807) is 24.3 Å². The summed E-state index contributed by atoms with van der Waals surface area (Å²) in [7, 11) is -1.27. The molecule has 0 amide bonds. The fraction of sp³-hybridized carbons (Fsp3) is 0.200. The Morgan fingerprint density at radius 1 is 1.12 bits per heavy atom. The van der Waals surface area contributed by atoms with E-state index in [0.29, 0.717) is 11.3 Å². The maximum absolute atomic E-state index is 12.4. The van der Waals surface area contributed by atoms with Crippen molar-refractivity contribution >= 4 is 15.7 Å². The molecular formula is C15H16N2O6S. The summed E-state index contributed by atoms with van der Waals surface area (Å²) in [5.74, 6) is 0.717. The minimum Gasteiger partial charge on any atom is -0.497 e. The number of hydrogen-bond acceptors (Lipinski definition) is 6. The van der Waals surface area contributed by atoms with Gasteiger partial charge in [-0.25, -0.2) is 13.1 Å². The fourth-order valence-corrected chi connectivity index (χ4v) is 3.25. The molecule has 0 heterocycles. The Morgan fingerprint density at radius 3 is 2.46 bits per heavy atom. The molecule has 0 aliphatic heterocycles. The molecule has 2 aromatic carbocycles. The van der Waals surface area contributed by atoms with Gasteiger partial charge in [-0.2, -0.15) is 0 Å². The van der Waals surface area contributed by atoms with Crippen LogP contribution in [0.3, 0.4) is 0 Å². The van der Waals surface area contributed by atoms with E-state index in [4.69, 9.17) is 9.47 Å². The lowest BCUT2D eigenvalue weighted by Crippen LogP contribution is -2.24. The number of rotatable bonds is 7. The Bertz CT molecular complexity index is 851. The molecule has 9 heteroatoms. The summed E-state index contributed by atoms with van der Waals surface area (Å²) in [6.45, 7) is -0.0600. The summed E-state index contributed by atoms with van der Waals surface area (Å²) in [5, 5.41) is 11.1. The zero-order valence-corrected chi connectivity index (χ0v) is 13.9. The average molecular weight is 352 g/mol. The van der Waals surface area contributed by atoms with Crippen LogP contribution in [0.2, 0.25) is 0 Å². The summed E-state index contributed by atoms with van der Waals surface area (Å²) < 4.78 is 37.3. The third kappa shape index (κ3) is 3.81. The van der Waals surface area contributed by atoms with Gasteiger partial charge in [-0.1, -0.05) is 18.2 Å². The van der Waals surface area contributed by atoms with Gasteiger partial charge in [0.15, 0.2) is 4.90 Å². The maximum Gasteiger partial charge on any atom is 0.293 e. The van der Waals surface area contributed by atoms with Crippen molar-refractivity contribution in [1.82, 2.24) is 4.72 Å². The molecule has 0 saturated heterocycles. The normalized spacial score (nSPS) is 11.1. The first-order valence-electron chi connectivity index (χ1n) is 6.83. The van der Waals surface area contributed by atoms with E-state index in [1.165, 1.54) is 20.3 Å². The summed E-state index contributed by atoms with van der Waals surface area (Å²) in [6.07, 6.45) is 0. The first kappa shape index (κ1) is 17.7. The average Bonchev–Trinajstić information content (AvgIpc) is 2.59. The van der Waals surface area contributed by atoms with Gasteiger partial charge in [0.05, 0.1) is 25.2 Å². The lowest BCUT2D eigenvalue weighted by atomic mass is 10.2. The van der Waals surface area contributed by atoms with Crippen molar-refractivity contribution in [1.29, 1.82) is 0 Å².